The Morgan fingerprint density at radius 1 is 0.896 bits per heavy atom. The molecule has 422 valence electrons. The van der Waals surface area contributed by atoms with Crippen molar-refractivity contribution < 1.29 is 65.8 Å². The van der Waals surface area contributed by atoms with Gasteiger partial charge in [0.05, 0.1) is 54.7 Å². The first-order chi connectivity index (χ1) is 36.8. The molecule has 6 bridgehead atoms. The van der Waals surface area contributed by atoms with E-state index < -0.39 is 90.0 Å². The lowest BCUT2D eigenvalue weighted by atomic mass is 9.64. The summed E-state index contributed by atoms with van der Waals surface area (Å²) in [5, 5.41) is 133. The number of aromatic hydroxyl groups is 1. The molecular weight excluding hydrogens is 981 g/mol. The molecule has 77 heavy (non-hydrogen) atoms. The van der Waals surface area contributed by atoms with Crippen LogP contribution in [-0.2, 0) is 35.3 Å². The summed E-state index contributed by atoms with van der Waals surface area (Å²) in [4.78, 5) is 25.1. The molecule has 0 spiro atoms. The highest BCUT2D eigenvalue weighted by atomic mass is 16.4. The SMILES string of the molecule is CCCCC(O)C(O)C=CC1=C(CC(O)CO)C2CCC(O)C3NC(C)CCC(C(O)Cc4ccc(cc4CCC(=O)O)CC(C(C)(O)C(CCCO)c4ccc(O)cc4)(CC#Cc4ccccc4CC1)N2)C3CC(=O)O. The molecule has 0 amide bonds. The number of allylic oxidation sites excluding steroid dienone is 2. The number of phenolic OH excluding ortho intramolecular Hbond substituents is 1. The number of aliphatic carboxylic acids is 2. The number of fused-ring (bicyclic) bond motifs is 6. The molecule has 15 heteroatoms. The average molecular weight is 1070 g/mol. The van der Waals surface area contributed by atoms with Crippen molar-refractivity contribution in [3.05, 3.63) is 123 Å². The van der Waals surface area contributed by atoms with Crippen LogP contribution in [0.25, 0.3) is 0 Å². The lowest BCUT2D eigenvalue weighted by Crippen LogP contribution is -2.67. The number of aliphatic hydroxyl groups is 8. The van der Waals surface area contributed by atoms with Gasteiger partial charge in [-0.2, -0.15) is 0 Å². The van der Waals surface area contributed by atoms with Crippen molar-refractivity contribution in [3.8, 4) is 17.6 Å². The Hall–Kier alpha value is -4.96. The van der Waals surface area contributed by atoms with Crippen LogP contribution in [0, 0.1) is 23.7 Å². The molecule has 4 aliphatic heterocycles. The molecule has 13 unspecified atom stereocenters. The van der Waals surface area contributed by atoms with Gasteiger partial charge in [-0.05, 0) is 166 Å². The highest BCUT2D eigenvalue weighted by Crippen LogP contribution is 2.46. The number of nitrogens with one attached hydrogen (secondary N) is 2. The Morgan fingerprint density at radius 3 is 2.35 bits per heavy atom. The molecule has 0 aromatic heterocycles. The van der Waals surface area contributed by atoms with Crippen LogP contribution < -0.4 is 10.6 Å². The summed E-state index contributed by atoms with van der Waals surface area (Å²) in [7, 11) is 0. The average Bonchev–Trinajstić information content (AvgIpc) is 3.56. The Kier molecular flexibility index (Phi) is 22.9. The lowest BCUT2D eigenvalue weighted by molar-refractivity contribution is -0.140. The van der Waals surface area contributed by atoms with E-state index in [2.05, 4.69) is 22.5 Å². The van der Waals surface area contributed by atoms with Gasteiger partial charge in [-0.3, -0.25) is 9.59 Å². The second kappa shape index (κ2) is 28.8. The molecule has 7 rings (SSSR count). The van der Waals surface area contributed by atoms with E-state index in [1.54, 1.807) is 43.3 Å². The van der Waals surface area contributed by atoms with Gasteiger partial charge in [0, 0.05) is 49.1 Å². The van der Waals surface area contributed by atoms with Crippen molar-refractivity contribution in [2.75, 3.05) is 13.2 Å². The Morgan fingerprint density at radius 2 is 1.65 bits per heavy atom. The van der Waals surface area contributed by atoms with E-state index in [-0.39, 0.29) is 89.0 Å². The van der Waals surface area contributed by atoms with Gasteiger partial charge < -0.3 is 66.8 Å². The standard InChI is InChI=1S/C62H86N2O13/c1-4-5-14-54(69)55(70)28-22-43-19-18-42-11-7-6-10-41(42)12-8-31-62(61(3,77)52(13-9-32-65)44-20-24-47(67)25-21-44)37-40-16-17-46(45(33-40)23-30-58(73)74)34-57(72)49-26-15-39(2)63-60(51(49)36-59(75)76)56(71)29-27-53(64-62)50(43)35-48(68)38-66/h6-7,10-11,16-17,20-22,24-25,28,33,39,48-49,51-57,60,63-72,77H,4-5,9,13-15,18-19,23,26-27,29-32,34-38H2,1-3H3,(H,73,74)(H,75,76). The zero-order chi connectivity index (χ0) is 55.9. The summed E-state index contributed by atoms with van der Waals surface area (Å²) < 4.78 is 0. The minimum Gasteiger partial charge on any atom is -0.508 e. The van der Waals surface area contributed by atoms with Gasteiger partial charge in [0.1, 0.15) is 5.75 Å². The van der Waals surface area contributed by atoms with E-state index in [9.17, 15) is 65.8 Å². The third-order valence-corrected chi connectivity index (χ3v) is 16.9. The summed E-state index contributed by atoms with van der Waals surface area (Å²) in [6, 6.07) is 18.1. The number of carbonyl (C=O) groups is 2. The number of benzene rings is 3. The summed E-state index contributed by atoms with van der Waals surface area (Å²) >= 11 is 0. The molecule has 0 radical (unpaired) electrons. The molecule has 3 aromatic rings. The number of rotatable bonds is 20. The summed E-state index contributed by atoms with van der Waals surface area (Å²) in [6.07, 6.45) is 1.28. The largest absolute Gasteiger partial charge is 0.508 e. The molecule has 3 aromatic carbocycles. The number of carboxylic acids is 2. The van der Waals surface area contributed by atoms with Gasteiger partial charge in [0.2, 0.25) is 0 Å². The topological polar surface area (TPSA) is 281 Å². The fraction of sp³-hybridized carbons (Fsp3) is 0.581. The molecule has 1 saturated heterocycles. The number of phenols is 1. The molecule has 15 nitrogen and oxygen atoms in total. The quantitative estimate of drug-likeness (QED) is 0.0600. The normalized spacial score (nSPS) is 26.9. The third-order valence-electron chi connectivity index (χ3n) is 16.9. The fourth-order valence-corrected chi connectivity index (χ4v) is 12.5. The highest BCUT2D eigenvalue weighted by molar-refractivity contribution is 5.67. The van der Waals surface area contributed by atoms with E-state index in [4.69, 9.17) is 0 Å². The number of hydrogen-bond donors (Lipinski definition) is 13. The van der Waals surface area contributed by atoms with Crippen LogP contribution in [0.3, 0.4) is 0 Å². The zero-order valence-corrected chi connectivity index (χ0v) is 45.2. The first kappa shape index (κ1) is 61.3. The molecule has 4 aliphatic rings. The summed E-state index contributed by atoms with van der Waals surface area (Å²) in [5.74, 6) is 2.75. The second-order valence-corrected chi connectivity index (χ2v) is 22.4. The van der Waals surface area contributed by atoms with Crippen LogP contribution in [0.1, 0.15) is 150 Å². The van der Waals surface area contributed by atoms with Crippen LogP contribution in [0.5, 0.6) is 5.75 Å². The first-order valence-electron chi connectivity index (χ1n) is 28.0. The monoisotopic (exact) mass is 1070 g/mol. The third kappa shape index (κ3) is 16.3. The van der Waals surface area contributed by atoms with Gasteiger partial charge in [-0.15, -0.1) is 0 Å². The van der Waals surface area contributed by atoms with Gasteiger partial charge >= 0.3 is 11.9 Å². The van der Waals surface area contributed by atoms with Crippen LogP contribution in [0.4, 0.5) is 0 Å². The van der Waals surface area contributed by atoms with Crippen molar-refractivity contribution in [1.29, 1.82) is 0 Å². The highest BCUT2D eigenvalue weighted by Gasteiger charge is 2.53. The van der Waals surface area contributed by atoms with Crippen molar-refractivity contribution in [1.82, 2.24) is 10.6 Å². The van der Waals surface area contributed by atoms with E-state index in [1.807, 2.05) is 56.3 Å². The predicted octanol–water partition coefficient (Wildman–Crippen LogP) is 5.76. The van der Waals surface area contributed by atoms with Crippen LogP contribution in [0.15, 0.2) is 90.0 Å². The number of unbranched alkanes of at least 4 members (excludes halogenated alkanes) is 1. The van der Waals surface area contributed by atoms with E-state index in [0.717, 1.165) is 17.5 Å². The molecule has 13 N–H and O–H groups in total. The van der Waals surface area contributed by atoms with Crippen molar-refractivity contribution in [3.63, 3.8) is 0 Å². The van der Waals surface area contributed by atoms with Gasteiger partial charge in [-0.25, -0.2) is 0 Å². The number of aryl methyl sites for hydroxylation is 2. The minimum atomic E-state index is -1.84. The van der Waals surface area contributed by atoms with Crippen molar-refractivity contribution in [2.24, 2.45) is 11.8 Å². The van der Waals surface area contributed by atoms with Crippen LogP contribution in [-0.4, -0.2) is 141 Å². The van der Waals surface area contributed by atoms with Crippen molar-refractivity contribution >= 4 is 11.9 Å². The minimum absolute atomic E-state index is 0.0128. The molecule has 1 fully saturated rings. The maximum Gasteiger partial charge on any atom is 0.303 e. The van der Waals surface area contributed by atoms with Crippen molar-refractivity contribution in [2.45, 2.75) is 202 Å². The van der Waals surface area contributed by atoms with E-state index >= 15 is 0 Å². The molecule has 4 heterocycles. The number of hydrogen-bond acceptors (Lipinski definition) is 13. The smallest absolute Gasteiger partial charge is 0.303 e. The summed E-state index contributed by atoms with van der Waals surface area (Å²) in [6.45, 7) is 4.87. The maximum absolute atomic E-state index is 14.1. The Bertz CT molecular complexity index is 2520. The fourth-order valence-electron chi connectivity index (χ4n) is 12.5. The van der Waals surface area contributed by atoms with Gasteiger partial charge in [0.25, 0.3) is 0 Å². The lowest BCUT2D eigenvalue weighted by Gasteiger charge is -2.52. The molecule has 0 saturated carbocycles. The second-order valence-electron chi connectivity index (χ2n) is 22.4. The zero-order valence-electron chi connectivity index (χ0n) is 45.2. The predicted molar refractivity (Wildman–Crippen MR) is 295 cm³/mol. The maximum atomic E-state index is 14.1. The molecular formula is C62H86N2O13. The molecule has 13 atom stereocenters. The Labute approximate surface area is 454 Å². The molecule has 0 aliphatic carbocycles. The van der Waals surface area contributed by atoms with Gasteiger partial charge in [0.15, 0.2) is 0 Å². The number of carboxylic acid groups (broad SMARTS) is 2. The van der Waals surface area contributed by atoms with Gasteiger partial charge in [-0.1, -0.05) is 92.3 Å². The van der Waals surface area contributed by atoms with E-state index in [1.165, 1.54) is 0 Å². The Balaban J connectivity index is 1.74. The van der Waals surface area contributed by atoms with Crippen LogP contribution in [0.2, 0.25) is 0 Å². The summed E-state index contributed by atoms with van der Waals surface area (Å²) in [5.41, 5.74) is 2.18. The first-order valence-corrected chi connectivity index (χ1v) is 28.0. The van der Waals surface area contributed by atoms with Crippen LogP contribution >= 0.6 is 0 Å². The van der Waals surface area contributed by atoms with E-state index in [0.29, 0.717) is 71.9 Å². The number of aliphatic hydroxyl groups excluding tert-OH is 7.